The molecule has 2 atom stereocenters. The monoisotopic (exact) mass is 253 g/mol. The van der Waals surface area contributed by atoms with E-state index in [9.17, 15) is 4.79 Å². The number of halogens is 1. The first-order valence-corrected chi connectivity index (χ1v) is 6.15. The van der Waals surface area contributed by atoms with E-state index in [4.69, 9.17) is 17.3 Å². The van der Waals surface area contributed by atoms with Gasteiger partial charge in [0.25, 0.3) is 0 Å². The number of pyridine rings is 1. The van der Waals surface area contributed by atoms with E-state index in [1.54, 1.807) is 6.20 Å². The quantitative estimate of drug-likeness (QED) is 0.794. The highest BCUT2D eigenvalue weighted by atomic mass is 35.5. The van der Waals surface area contributed by atoms with Gasteiger partial charge in [-0.05, 0) is 31.4 Å². The minimum Gasteiger partial charge on any atom is -0.327 e. The first-order valence-electron chi connectivity index (χ1n) is 5.77. The lowest BCUT2D eigenvalue weighted by Crippen LogP contribution is -2.34. The van der Waals surface area contributed by atoms with Crippen LogP contribution in [0.5, 0.6) is 0 Å². The van der Waals surface area contributed by atoms with Gasteiger partial charge in [-0.2, -0.15) is 0 Å². The molecule has 0 radical (unpaired) electrons. The minimum absolute atomic E-state index is 0.0363. The fourth-order valence-corrected chi connectivity index (χ4v) is 2.46. The van der Waals surface area contributed by atoms with Gasteiger partial charge in [0.2, 0.25) is 5.91 Å². The van der Waals surface area contributed by atoms with Crippen LogP contribution in [-0.2, 0) is 4.79 Å². The predicted molar refractivity (Wildman–Crippen MR) is 67.9 cm³/mol. The fourth-order valence-electron chi connectivity index (χ4n) is 2.21. The number of aromatic nitrogens is 1. The topological polar surface area (TPSA) is 68.0 Å². The second-order valence-corrected chi connectivity index (χ2v) is 4.84. The highest BCUT2D eigenvalue weighted by Gasteiger charge is 2.30. The first-order chi connectivity index (χ1) is 8.09. The number of rotatable bonds is 2. The zero-order valence-electron chi connectivity index (χ0n) is 9.74. The summed E-state index contributed by atoms with van der Waals surface area (Å²) in [6.45, 7) is 1.89. The van der Waals surface area contributed by atoms with Crippen molar-refractivity contribution in [1.29, 1.82) is 0 Å². The van der Waals surface area contributed by atoms with Crippen molar-refractivity contribution in [3.05, 3.63) is 23.0 Å². The summed E-state index contributed by atoms with van der Waals surface area (Å²) < 4.78 is 0. The Labute approximate surface area is 106 Å². The molecule has 0 bridgehead atoms. The SMILES string of the molecule is Cc1ccnc(Cl)c1NC(=O)C1CCCC1N. The van der Waals surface area contributed by atoms with Gasteiger partial charge in [-0.15, -0.1) is 0 Å². The smallest absolute Gasteiger partial charge is 0.229 e. The van der Waals surface area contributed by atoms with E-state index in [-0.39, 0.29) is 17.9 Å². The van der Waals surface area contributed by atoms with E-state index in [0.29, 0.717) is 10.8 Å². The standard InChI is InChI=1S/C12H16ClN3O/c1-7-5-6-15-11(13)10(7)16-12(17)8-3-2-4-9(8)14/h5-6,8-9H,2-4,14H2,1H3,(H,16,17). The Hall–Kier alpha value is -1.13. The summed E-state index contributed by atoms with van der Waals surface area (Å²) in [5.74, 6) is -0.154. The number of carbonyl (C=O) groups excluding carboxylic acids is 1. The number of carbonyl (C=O) groups is 1. The van der Waals surface area contributed by atoms with Crippen molar-refractivity contribution < 1.29 is 4.79 Å². The summed E-state index contributed by atoms with van der Waals surface area (Å²) in [6, 6.07) is 1.78. The van der Waals surface area contributed by atoms with E-state index in [1.807, 2.05) is 13.0 Å². The van der Waals surface area contributed by atoms with Crippen LogP contribution >= 0.6 is 11.6 Å². The first kappa shape index (κ1) is 12.3. The summed E-state index contributed by atoms with van der Waals surface area (Å²) in [7, 11) is 0. The number of anilines is 1. The van der Waals surface area contributed by atoms with Gasteiger partial charge < -0.3 is 11.1 Å². The van der Waals surface area contributed by atoms with Crippen molar-refractivity contribution >= 4 is 23.2 Å². The molecule has 0 aromatic carbocycles. The number of hydrogen-bond acceptors (Lipinski definition) is 3. The Kier molecular flexibility index (Phi) is 3.64. The molecule has 0 spiro atoms. The van der Waals surface area contributed by atoms with E-state index in [2.05, 4.69) is 10.3 Å². The van der Waals surface area contributed by atoms with Crippen LogP contribution in [0.1, 0.15) is 24.8 Å². The normalized spacial score (nSPS) is 23.7. The molecule has 1 amide bonds. The van der Waals surface area contributed by atoms with Gasteiger partial charge in [0.15, 0.2) is 5.15 Å². The number of nitrogens with zero attached hydrogens (tertiary/aromatic N) is 1. The van der Waals surface area contributed by atoms with Crippen molar-refractivity contribution in [1.82, 2.24) is 4.98 Å². The molecule has 3 N–H and O–H groups in total. The molecule has 1 saturated carbocycles. The van der Waals surface area contributed by atoms with Crippen molar-refractivity contribution in [2.45, 2.75) is 32.2 Å². The van der Waals surface area contributed by atoms with E-state index < -0.39 is 0 Å². The van der Waals surface area contributed by atoms with Gasteiger partial charge in [-0.3, -0.25) is 4.79 Å². The molecule has 5 heteroatoms. The fraction of sp³-hybridized carbons (Fsp3) is 0.500. The lowest BCUT2D eigenvalue weighted by molar-refractivity contribution is -0.120. The Balaban J connectivity index is 2.13. The second-order valence-electron chi connectivity index (χ2n) is 4.48. The van der Waals surface area contributed by atoms with Crippen LogP contribution in [0.2, 0.25) is 5.15 Å². The summed E-state index contributed by atoms with van der Waals surface area (Å²) >= 11 is 5.96. The van der Waals surface area contributed by atoms with Crippen molar-refractivity contribution in [2.24, 2.45) is 11.7 Å². The molecule has 1 heterocycles. The third-order valence-electron chi connectivity index (χ3n) is 3.27. The number of amides is 1. The van der Waals surface area contributed by atoms with Crippen LogP contribution in [0, 0.1) is 12.8 Å². The van der Waals surface area contributed by atoms with Crippen molar-refractivity contribution in [3.63, 3.8) is 0 Å². The molecule has 1 aromatic heterocycles. The van der Waals surface area contributed by atoms with Crippen LogP contribution in [0.3, 0.4) is 0 Å². The Morgan fingerprint density at radius 1 is 1.59 bits per heavy atom. The molecule has 92 valence electrons. The second kappa shape index (κ2) is 5.02. The number of hydrogen-bond donors (Lipinski definition) is 2. The van der Waals surface area contributed by atoms with E-state index in [1.165, 1.54) is 0 Å². The molecule has 2 unspecified atom stereocenters. The summed E-state index contributed by atoms with van der Waals surface area (Å²) in [5, 5.41) is 3.16. The molecular formula is C12H16ClN3O. The number of aryl methyl sites for hydroxylation is 1. The van der Waals surface area contributed by atoms with Crippen LogP contribution < -0.4 is 11.1 Å². The average Bonchev–Trinajstić information content (AvgIpc) is 2.70. The average molecular weight is 254 g/mol. The zero-order chi connectivity index (χ0) is 12.4. The zero-order valence-corrected chi connectivity index (χ0v) is 10.5. The highest BCUT2D eigenvalue weighted by Crippen LogP contribution is 2.28. The van der Waals surface area contributed by atoms with Gasteiger partial charge in [0, 0.05) is 12.2 Å². The van der Waals surface area contributed by atoms with E-state index >= 15 is 0 Å². The van der Waals surface area contributed by atoms with Gasteiger partial charge in [-0.1, -0.05) is 18.0 Å². The third-order valence-corrected chi connectivity index (χ3v) is 3.55. The molecule has 2 rings (SSSR count). The number of nitrogens with two attached hydrogens (primary N) is 1. The summed E-state index contributed by atoms with van der Waals surface area (Å²) in [5.41, 5.74) is 7.40. The Morgan fingerprint density at radius 3 is 2.94 bits per heavy atom. The molecule has 1 aromatic rings. The van der Waals surface area contributed by atoms with Crippen LogP contribution in [0.15, 0.2) is 12.3 Å². The maximum absolute atomic E-state index is 12.1. The minimum atomic E-state index is -0.106. The lowest BCUT2D eigenvalue weighted by Gasteiger charge is -2.16. The van der Waals surface area contributed by atoms with Gasteiger partial charge in [-0.25, -0.2) is 4.98 Å². The van der Waals surface area contributed by atoms with Gasteiger partial charge in [0.05, 0.1) is 11.6 Å². The van der Waals surface area contributed by atoms with Crippen molar-refractivity contribution in [2.75, 3.05) is 5.32 Å². The molecule has 0 aliphatic heterocycles. The van der Waals surface area contributed by atoms with Crippen molar-refractivity contribution in [3.8, 4) is 0 Å². The molecule has 0 saturated heterocycles. The molecule has 17 heavy (non-hydrogen) atoms. The molecule has 4 nitrogen and oxygen atoms in total. The predicted octanol–water partition coefficient (Wildman–Crippen LogP) is 2.11. The largest absolute Gasteiger partial charge is 0.327 e. The lowest BCUT2D eigenvalue weighted by atomic mass is 10.0. The number of nitrogens with one attached hydrogen (secondary N) is 1. The molecule has 1 aliphatic carbocycles. The molecule has 1 aliphatic rings. The Bertz CT molecular complexity index is 416. The van der Waals surface area contributed by atoms with Crippen LogP contribution in [0.25, 0.3) is 0 Å². The van der Waals surface area contributed by atoms with E-state index in [0.717, 1.165) is 24.8 Å². The van der Waals surface area contributed by atoms with Crippen LogP contribution in [0.4, 0.5) is 5.69 Å². The van der Waals surface area contributed by atoms with Gasteiger partial charge >= 0.3 is 0 Å². The maximum Gasteiger partial charge on any atom is 0.229 e. The highest BCUT2D eigenvalue weighted by molar-refractivity contribution is 6.32. The summed E-state index contributed by atoms with van der Waals surface area (Å²) in [6.07, 6.45) is 4.40. The third kappa shape index (κ3) is 2.58. The summed E-state index contributed by atoms with van der Waals surface area (Å²) in [4.78, 5) is 16.0. The molecular weight excluding hydrogens is 238 g/mol. The van der Waals surface area contributed by atoms with Crippen LogP contribution in [-0.4, -0.2) is 16.9 Å². The van der Waals surface area contributed by atoms with Gasteiger partial charge in [0.1, 0.15) is 0 Å². The Morgan fingerprint density at radius 2 is 2.35 bits per heavy atom. The molecule has 1 fully saturated rings. The maximum atomic E-state index is 12.1.